The summed E-state index contributed by atoms with van der Waals surface area (Å²) < 4.78 is 25.8. The average molecular weight is 304 g/mol. The minimum Gasteiger partial charge on any atom is -0.463 e. The lowest BCUT2D eigenvalue weighted by Gasteiger charge is -2.39. The number of methoxy groups -OCH3 is 1. The van der Waals surface area contributed by atoms with Gasteiger partial charge in [0.15, 0.2) is 12.4 Å². The Morgan fingerprint density at radius 1 is 1.05 bits per heavy atom. The largest absolute Gasteiger partial charge is 0.463 e. The third-order valence-corrected chi connectivity index (χ3v) is 2.82. The fourth-order valence-electron chi connectivity index (χ4n) is 2.05. The van der Waals surface area contributed by atoms with Crippen molar-refractivity contribution < 1.29 is 38.1 Å². The maximum Gasteiger partial charge on any atom is 0.303 e. The van der Waals surface area contributed by atoms with Crippen LogP contribution < -0.4 is 0 Å². The molecule has 0 aromatic heterocycles. The van der Waals surface area contributed by atoms with Crippen LogP contribution in [0.2, 0.25) is 0 Å². The first-order valence-corrected chi connectivity index (χ1v) is 6.49. The molecule has 0 saturated carbocycles. The molecule has 1 fully saturated rings. The molecule has 8 heteroatoms. The summed E-state index contributed by atoms with van der Waals surface area (Å²) in [4.78, 5) is 33.3. The summed E-state index contributed by atoms with van der Waals surface area (Å²) in [6.45, 7) is 3.60. The van der Waals surface area contributed by atoms with Gasteiger partial charge in [0.25, 0.3) is 0 Å². The second-order valence-corrected chi connectivity index (χ2v) is 4.60. The lowest BCUT2D eigenvalue weighted by molar-refractivity contribution is -0.259. The molecule has 8 nitrogen and oxygen atoms in total. The summed E-state index contributed by atoms with van der Waals surface area (Å²) >= 11 is 0. The van der Waals surface area contributed by atoms with Gasteiger partial charge in [0.05, 0.1) is 0 Å². The third-order valence-electron chi connectivity index (χ3n) is 2.82. The van der Waals surface area contributed by atoms with E-state index in [9.17, 15) is 14.4 Å². The predicted octanol–water partition coefficient (Wildman–Crippen LogP) is 0.174. The summed E-state index contributed by atoms with van der Waals surface area (Å²) in [5.74, 6) is -1.56. The van der Waals surface area contributed by atoms with E-state index in [0.29, 0.717) is 0 Å². The van der Waals surface area contributed by atoms with Gasteiger partial charge in [0, 0.05) is 34.3 Å². The van der Waals surface area contributed by atoms with Crippen LogP contribution in [0.4, 0.5) is 0 Å². The number of hydrogen-bond donors (Lipinski definition) is 0. The molecule has 1 rings (SSSR count). The second kappa shape index (κ2) is 7.94. The fraction of sp³-hybridized carbons (Fsp3) is 0.769. The molecule has 21 heavy (non-hydrogen) atoms. The monoisotopic (exact) mass is 304 g/mol. The van der Waals surface area contributed by atoms with Crippen molar-refractivity contribution in [3.05, 3.63) is 0 Å². The molecule has 0 amide bonds. The fourth-order valence-corrected chi connectivity index (χ4v) is 2.05. The molecule has 0 aromatic carbocycles. The Bertz CT molecular complexity index is 394. The van der Waals surface area contributed by atoms with E-state index in [1.165, 1.54) is 27.9 Å². The van der Waals surface area contributed by atoms with Crippen LogP contribution in [0, 0.1) is 0 Å². The number of carbonyl (C=O) groups is 3. The smallest absolute Gasteiger partial charge is 0.303 e. The van der Waals surface area contributed by atoms with E-state index in [2.05, 4.69) is 0 Å². The minimum atomic E-state index is -0.864. The highest BCUT2D eigenvalue weighted by molar-refractivity contribution is 5.67. The number of rotatable bonds is 5. The van der Waals surface area contributed by atoms with Gasteiger partial charge in [-0.05, 0) is 0 Å². The normalized spacial score (nSPS) is 28.6. The van der Waals surface area contributed by atoms with E-state index in [0.717, 1.165) is 0 Å². The molecule has 4 atom stereocenters. The van der Waals surface area contributed by atoms with Crippen molar-refractivity contribution in [1.82, 2.24) is 0 Å². The zero-order chi connectivity index (χ0) is 16.0. The van der Waals surface area contributed by atoms with Crippen LogP contribution in [0.3, 0.4) is 0 Å². The van der Waals surface area contributed by atoms with Gasteiger partial charge in [0.1, 0.15) is 18.8 Å². The molecule has 1 heterocycles. The Balaban J connectivity index is 2.87. The maximum absolute atomic E-state index is 11.2. The molecule has 1 aliphatic heterocycles. The first-order chi connectivity index (χ1) is 9.83. The van der Waals surface area contributed by atoms with Crippen molar-refractivity contribution in [2.24, 2.45) is 0 Å². The SMILES string of the molecule is CO[C@H]1C[C@@H](OC(C)=O)[C@@H](OC(C)=O)[C@@H](COC(C)=O)O1. The molecule has 0 aromatic rings. The van der Waals surface area contributed by atoms with Gasteiger partial charge in [-0.1, -0.05) is 0 Å². The zero-order valence-corrected chi connectivity index (χ0v) is 12.5. The van der Waals surface area contributed by atoms with Crippen LogP contribution in [0.25, 0.3) is 0 Å². The topological polar surface area (TPSA) is 97.4 Å². The van der Waals surface area contributed by atoms with Crippen molar-refractivity contribution in [3.8, 4) is 0 Å². The van der Waals surface area contributed by atoms with E-state index in [4.69, 9.17) is 23.7 Å². The number of ether oxygens (including phenoxy) is 5. The Kier molecular flexibility index (Phi) is 6.57. The van der Waals surface area contributed by atoms with Crippen LogP contribution in [-0.2, 0) is 38.1 Å². The molecular weight excluding hydrogens is 284 g/mol. The highest BCUT2D eigenvalue weighted by Crippen LogP contribution is 2.26. The van der Waals surface area contributed by atoms with Crippen LogP contribution in [0.5, 0.6) is 0 Å². The quantitative estimate of drug-likeness (QED) is 0.524. The first kappa shape index (κ1) is 17.4. The first-order valence-electron chi connectivity index (χ1n) is 6.49. The highest BCUT2D eigenvalue weighted by atomic mass is 16.7. The maximum atomic E-state index is 11.2. The average Bonchev–Trinajstić information content (AvgIpc) is 2.37. The molecule has 0 spiro atoms. The molecule has 120 valence electrons. The van der Waals surface area contributed by atoms with E-state index >= 15 is 0 Å². The van der Waals surface area contributed by atoms with Gasteiger partial charge in [-0.25, -0.2) is 0 Å². The van der Waals surface area contributed by atoms with Crippen molar-refractivity contribution in [2.45, 2.75) is 51.8 Å². The van der Waals surface area contributed by atoms with Gasteiger partial charge >= 0.3 is 17.9 Å². The highest BCUT2D eigenvalue weighted by Gasteiger charge is 2.43. The summed E-state index contributed by atoms with van der Waals surface area (Å²) in [6.07, 6.45) is -2.81. The summed E-state index contributed by atoms with van der Waals surface area (Å²) in [6, 6.07) is 0. The van der Waals surface area contributed by atoms with E-state index in [1.54, 1.807) is 0 Å². The van der Waals surface area contributed by atoms with Crippen LogP contribution in [0.1, 0.15) is 27.2 Å². The molecule has 1 saturated heterocycles. The molecule has 0 aliphatic carbocycles. The number of hydrogen-bond acceptors (Lipinski definition) is 8. The van der Waals surface area contributed by atoms with Gasteiger partial charge < -0.3 is 23.7 Å². The van der Waals surface area contributed by atoms with Crippen molar-refractivity contribution in [2.75, 3.05) is 13.7 Å². The number of esters is 3. The molecule has 0 radical (unpaired) electrons. The standard InChI is InChI=1S/C13H20O8/c1-7(14)18-6-11-13(20-9(3)16)10(19-8(2)15)5-12(17-4)21-11/h10-13H,5-6H2,1-4H3/t10-,11-,12-,13-/m1/s1. The van der Waals surface area contributed by atoms with E-state index in [-0.39, 0.29) is 13.0 Å². The van der Waals surface area contributed by atoms with Crippen molar-refractivity contribution in [3.63, 3.8) is 0 Å². The summed E-state index contributed by atoms with van der Waals surface area (Å²) in [7, 11) is 1.44. The van der Waals surface area contributed by atoms with Crippen LogP contribution in [0.15, 0.2) is 0 Å². The van der Waals surface area contributed by atoms with Crippen LogP contribution in [-0.4, -0.2) is 56.2 Å². The van der Waals surface area contributed by atoms with E-state index < -0.39 is 42.5 Å². The predicted molar refractivity (Wildman–Crippen MR) is 68.0 cm³/mol. The van der Waals surface area contributed by atoms with Crippen molar-refractivity contribution in [1.29, 1.82) is 0 Å². The molecular formula is C13H20O8. The zero-order valence-electron chi connectivity index (χ0n) is 12.5. The van der Waals surface area contributed by atoms with Gasteiger partial charge in [-0.15, -0.1) is 0 Å². The molecule has 1 aliphatic rings. The Morgan fingerprint density at radius 2 is 1.67 bits per heavy atom. The van der Waals surface area contributed by atoms with Crippen LogP contribution >= 0.6 is 0 Å². The molecule has 0 unspecified atom stereocenters. The Hall–Kier alpha value is -1.67. The minimum absolute atomic E-state index is 0.134. The summed E-state index contributed by atoms with van der Waals surface area (Å²) in [5, 5.41) is 0. The van der Waals surface area contributed by atoms with E-state index in [1.807, 2.05) is 0 Å². The van der Waals surface area contributed by atoms with Gasteiger partial charge in [0.2, 0.25) is 0 Å². The lowest BCUT2D eigenvalue weighted by atomic mass is 10.0. The number of carbonyl (C=O) groups excluding carboxylic acids is 3. The molecule has 0 bridgehead atoms. The Labute approximate surface area is 122 Å². The lowest BCUT2D eigenvalue weighted by Crippen LogP contribution is -2.54. The van der Waals surface area contributed by atoms with Gasteiger partial charge in [-0.3, -0.25) is 14.4 Å². The van der Waals surface area contributed by atoms with Crippen molar-refractivity contribution >= 4 is 17.9 Å². The third kappa shape index (κ3) is 5.68. The second-order valence-electron chi connectivity index (χ2n) is 4.60. The Morgan fingerprint density at radius 3 is 2.14 bits per heavy atom. The molecule has 0 N–H and O–H groups in total. The van der Waals surface area contributed by atoms with Gasteiger partial charge in [-0.2, -0.15) is 0 Å². The summed E-state index contributed by atoms with van der Waals surface area (Å²) in [5.41, 5.74) is 0.